The Morgan fingerprint density at radius 2 is 2.19 bits per heavy atom. The van der Waals surface area contributed by atoms with Crippen LogP contribution in [-0.2, 0) is 4.79 Å². The summed E-state index contributed by atoms with van der Waals surface area (Å²) >= 11 is 1.46. The molecule has 0 saturated heterocycles. The van der Waals surface area contributed by atoms with E-state index in [1.165, 1.54) is 17.8 Å². The largest absolute Gasteiger partial charge is 0.478 e. The van der Waals surface area contributed by atoms with Crippen LogP contribution in [0.15, 0.2) is 46.3 Å². The summed E-state index contributed by atoms with van der Waals surface area (Å²) in [6.07, 6.45) is 3.11. The van der Waals surface area contributed by atoms with Gasteiger partial charge in [-0.05, 0) is 17.9 Å². The molecule has 0 radical (unpaired) electrons. The lowest BCUT2D eigenvalue weighted by molar-refractivity contribution is -0.131. The number of rotatable bonds is 3. The summed E-state index contributed by atoms with van der Waals surface area (Å²) in [5.41, 5.74) is 1.06. The second-order valence-corrected chi connectivity index (χ2v) is 4.68. The number of carbonyl (C=O) groups is 1. The van der Waals surface area contributed by atoms with Crippen LogP contribution in [0.4, 0.5) is 0 Å². The van der Waals surface area contributed by atoms with Crippen LogP contribution in [0.25, 0.3) is 10.9 Å². The van der Waals surface area contributed by atoms with Gasteiger partial charge in [0.15, 0.2) is 0 Å². The van der Waals surface area contributed by atoms with Crippen LogP contribution in [0.2, 0.25) is 0 Å². The molecule has 1 heterocycles. The standard InChI is InChI=1S/C12H11NO2S/c1-8(6-12(14)15)16-11-7-13-10-5-3-2-4-9(10)11/h2-7,13H,1H3,(H,14,15)/b8-6-. The quantitative estimate of drug-likeness (QED) is 0.632. The van der Waals surface area contributed by atoms with Crippen molar-refractivity contribution in [2.75, 3.05) is 0 Å². The number of H-pyrrole nitrogens is 1. The van der Waals surface area contributed by atoms with Gasteiger partial charge in [0.2, 0.25) is 0 Å². The maximum atomic E-state index is 10.5. The van der Waals surface area contributed by atoms with E-state index in [1.54, 1.807) is 6.92 Å². The second-order valence-electron chi connectivity index (χ2n) is 3.39. The summed E-state index contributed by atoms with van der Waals surface area (Å²) in [7, 11) is 0. The first-order valence-corrected chi connectivity index (χ1v) is 5.63. The van der Waals surface area contributed by atoms with Crippen LogP contribution in [0.5, 0.6) is 0 Å². The predicted molar refractivity (Wildman–Crippen MR) is 65.5 cm³/mol. The molecule has 0 spiro atoms. The molecule has 0 bridgehead atoms. The van der Waals surface area contributed by atoms with E-state index >= 15 is 0 Å². The number of aliphatic carboxylic acids is 1. The zero-order valence-corrected chi connectivity index (χ0v) is 9.54. The van der Waals surface area contributed by atoms with Gasteiger partial charge in [0, 0.05) is 28.1 Å². The zero-order chi connectivity index (χ0) is 11.5. The Morgan fingerprint density at radius 3 is 2.94 bits per heavy atom. The fourth-order valence-corrected chi connectivity index (χ4v) is 2.42. The third-order valence-electron chi connectivity index (χ3n) is 2.15. The molecule has 0 atom stereocenters. The van der Waals surface area contributed by atoms with E-state index in [-0.39, 0.29) is 0 Å². The number of carboxylic acids is 1. The van der Waals surface area contributed by atoms with E-state index in [0.717, 1.165) is 20.7 Å². The topological polar surface area (TPSA) is 53.1 Å². The Labute approximate surface area is 97.2 Å². The van der Waals surface area contributed by atoms with Gasteiger partial charge >= 0.3 is 5.97 Å². The molecule has 0 aliphatic heterocycles. The van der Waals surface area contributed by atoms with E-state index in [2.05, 4.69) is 4.98 Å². The smallest absolute Gasteiger partial charge is 0.329 e. The monoisotopic (exact) mass is 233 g/mol. The number of aromatic nitrogens is 1. The maximum absolute atomic E-state index is 10.5. The first-order chi connectivity index (χ1) is 7.66. The summed E-state index contributed by atoms with van der Waals surface area (Å²) in [5, 5.41) is 9.74. The molecular weight excluding hydrogens is 222 g/mol. The third-order valence-corrected chi connectivity index (χ3v) is 3.15. The van der Waals surface area contributed by atoms with Crippen LogP contribution in [-0.4, -0.2) is 16.1 Å². The van der Waals surface area contributed by atoms with Gasteiger partial charge < -0.3 is 10.1 Å². The Balaban J connectivity index is 2.31. The number of para-hydroxylation sites is 1. The fraction of sp³-hybridized carbons (Fsp3) is 0.0833. The number of thioether (sulfide) groups is 1. The molecule has 2 rings (SSSR count). The highest BCUT2D eigenvalue weighted by Gasteiger charge is 2.04. The predicted octanol–water partition coefficient (Wildman–Crippen LogP) is 3.25. The highest BCUT2D eigenvalue weighted by molar-refractivity contribution is 8.03. The number of carboxylic acid groups (broad SMARTS) is 1. The van der Waals surface area contributed by atoms with Crippen molar-refractivity contribution in [1.82, 2.24) is 4.98 Å². The van der Waals surface area contributed by atoms with Crippen molar-refractivity contribution in [2.45, 2.75) is 11.8 Å². The third kappa shape index (κ3) is 2.28. The van der Waals surface area contributed by atoms with E-state index in [1.807, 2.05) is 30.5 Å². The van der Waals surface area contributed by atoms with E-state index in [0.29, 0.717) is 0 Å². The molecule has 0 unspecified atom stereocenters. The highest BCUT2D eigenvalue weighted by atomic mass is 32.2. The first-order valence-electron chi connectivity index (χ1n) is 4.82. The zero-order valence-electron chi connectivity index (χ0n) is 8.73. The first kappa shape index (κ1) is 10.8. The van der Waals surface area contributed by atoms with Gasteiger partial charge in [-0.15, -0.1) is 0 Å². The number of fused-ring (bicyclic) bond motifs is 1. The van der Waals surface area contributed by atoms with Crippen LogP contribution < -0.4 is 0 Å². The molecule has 3 nitrogen and oxygen atoms in total. The van der Waals surface area contributed by atoms with Crippen LogP contribution in [0.1, 0.15) is 6.92 Å². The van der Waals surface area contributed by atoms with E-state index in [4.69, 9.17) is 5.11 Å². The van der Waals surface area contributed by atoms with Gasteiger partial charge in [0.1, 0.15) is 0 Å². The average molecular weight is 233 g/mol. The summed E-state index contributed by atoms with van der Waals surface area (Å²) in [6.45, 7) is 1.79. The minimum absolute atomic E-state index is 0.761. The summed E-state index contributed by atoms with van der Waals surface area (Å²) in [6, 6.07) is 7.95. The average Bonchev–Trinajstić information content (AvgIpc) is 2.61. The molecule has 0 aliphatic carbocycles. The molecule has 16 heavy (non-hydrogen) atoms. The van der Waals surface area contributed by atoms with Gasteiger partial charge in [-0.3, -0.25) is 0 Å². The van der Waals surface area contributed by atoms with Gasteiger partial charge in [-0.1, -0.05) is 30.0 Å². The van der Waals surface area contributed by atoms with Gasteiger partial charge in [0.05, 0.1) is 0 Å². The number of allylic oxidation sites excluding steroid dienone is 1. The van der Waals surface area contributed by atoms with Gasteiger partial charge in [-0.25, -0.2) is 4.79 Å². The van der Waals surface area contributed by atoms with Gasteiger partial charge in [0.25, 0.3) is 0 Å². The van der Waals surface area contributed by atoms with Crippen LogP contribution >= 0.6 is 11.8 Å². The van der Waals surface area contributed by atoms with Crippen molar-refractivity contribution in [1.29, 1.82) is 0 Å². The lowest BCUT2D eigenvalue weighted by atomic mass is 10.2. The van der Waals surface area contributed by atoms with Gasteiger partial charge in [-0.2, -0.15) is 0 Å². The van der Waals surface area contributed by atoms with Crippen molar-refractivity contribution >= 4 is 28.6 Å². The Morgan fingerprint density at radius 1 is 1.44 bits per heavy atom. The Bertz CT molecular complexity index is 557. The fourth-order valence-electron chi connectivity index (χ4n) is 1.51. The van der Waals surface area contributed by atoms with E-state index < -0.39 is 5.97 Å². The van der Waals surface area contributed by atoms with Crippen LogP contribution in [0, 0.1) is 0 Å². The molecule has 0 aliphatic rings. The normalized spacial score (nSPS) is 11.9. The summed E-state index contributed by atoms with van der Waals surface area (Å²) in [5.74, 6) is -0.912. The minimum Gasteiger partial charge on any atom is -0.478 e. The molecule has 0 amide bonds. The van der Waals surface area contributed by atoms with E-state index in [9.17, 15) is 4.79 Å². The number of hydrogen-bond donors (Lipinski definition) is 2. The Kier molecular flexibility index (Phi) is 3.01. The molecular formula is C12H11NO2S. The molecule has 82 valence electrons. The highest BCUT2D eigenvalue weighted by Crippen LogP contribution is 2.32. The molecule has 2 aromatic rings. The van der Waals surface area contributed by atoms with Crippen molar-refractivity contribution in [3.63, 3.8) is 0 Å². The Hall–Kier alpha value is -1.68. The number of nitrogens with one attached hydrogen (secondary N) is 1. The second kappa shape index (κ2) is 4.45. The van der Waals surface area contributed by atoms with Crippen molar-refractivity contribution in [3.8, 4) is 0 Å². The molecule has 2 N–H and O–H groups in total. The number of benzene rings is 1. The maximum Gasteiger partial charge on any atom is 0.329 e. The number of hydrogen-bond acceptors (Lipinski definition) is 2. The molecule has 1 aromatic heterocycles. The molecule has 1 aromatic carbocycles. The summed E-state index contributed by atoms with van der Waals surface area (Å²) < 4.78 is 0. The SMILES string of the molecule is C/C(=C/C(=O)O)Sc1c[nH]c2ccccc12. The lowest BCUT2D eigenvalue weighted by Gasteiger charge is -1.98. The minimum atomic E-state index is -0.912. The molecule has 4 heteroatoms. The lowest BCUT2D eigenvalue weighted by Crippen LogP contribution is -1.87. The van der Waals surface area contributed by atoms with Crippen molar-refractivity contribution in [2.24, 2.45) is 0 Å². The molecule has 0 saturated carbocycles. The van der Waals surface area contributed by atoms with Crippen LogP contribution in [0.3, 0.4) is 0 Å². The summed E-state index contributed by atoms with van der Waals surface area (Å²) in [4.78, 5) is 15.5. The molecule has 0 fully saturated rings. The van der Waals surface area contributed by atoms with Crippen molar-refractivity contribution < 1.29 is 9.90 Å². The number of aromatic amines is 1. The van der Waals surface area contributed by atoms with Crippen molar-refractivity contribution in [3.05, 3.63) is 41.4 Å².